The average molecular weight is 493 g/mol. The number of benzene rings is 2. The van der Waals surface area contributed by atoms with Gasteiger partial charge in [-0.15, -0.1) is 0 Å². The van der Waals surface area contributed by atoms with Gasteiger partial charge in [-0.05, 0) is 61.9 Å². The molecule has 2 aromatic carbocycles. The Morgan fingerprint density at radius 1 is 1.06 bits per heavy atom. The highest BCUT2D eigenvalue weighted by molar-refractivity contribution is 5.98. The van der Waals surface area contributed by atoms with Gasteiger partial charge in [0, 0.05) is 24.3 Å². The van der Waals surface area contributed by atoms with Crippen molar-refractivity contribution >= 4 is 29.8 Å². The Hall–Kier alpha value is -3.94. The lowest BCUT2D eigenvalue weighted by Crippen LogP contribution is -2.23. The number of phenols is 1. The van der Waals surface area contributed by atoms with Crippen LogP contribution in [0.2, 0.25) is 0 Å². The highest BCUT2D eigenvalue weighted by Crippen LogP contribution is 2.47. The van der Waals surface area contributed by atoms with Crippen LogP contribution in [0.1, 0.15) is 95.2 Å². The number of carboxylic acids is 1. The molecule has 0 aliphatic carbocycles. The third-order valence-corrected chi connectivity index (χ3v) is 6.54. The zero-order chi connectivity index (χ0) is 25.8. The van der Waals surface area contributed by atoms with Gasteiger partial charge in [-0.1, -0.05) is 24.3 Å². The number of ether oxygens (including phenoxy) is 2. The number of rotatable bonds is 2. The van der Waals surface area contributed by atoms with Crippen molar-refractivity contribution in [2.75, 3.05) is 0 Å². The number of esters is 2. The zero-order valence-corrected chi connectivity index (χ0v) is 20.0. The smallest absolute Gasteiger partial charge is 0.342 e. The number of phenolic OH excluding ortho intramolecular Hbond substituents is 1. The van der Waals surface area contributed by atoms with Crippen LogP contribution in [0.25, 0.3) is 6.08 Å². The maximum absolute atomic E-state index is 13.2. The van der Waals surface area contributed by atoms with E-state index in [1.807, 2.05) is 6.08 Å². The van der Waals surface area contributed by atoms with Crippen LogP contribution in [0, 0.1) is 0 Å². The summed E-state index contributed by atoms with van der Waals surface area (Å²) in [6, 6.07) is 7.57. The molecule has 188 valence electrons. The van der Waals surface area contributed by atoms with E-state index in [4.69, 9.17) is 9.47 Å². The summed E-state index contributed by atoms with van der Waals surface area (Å²) in [5.41, 5.74) is 1.31. The van der Waals surface area contributed by atoms with Crippen LogP contribution < -0.4 is 4.74 Å². The fourth-order valence-electron chi connectivity index (χ4n) is 4.66. The largest absolute Gasteiger partial charge is 0.507 e. The molecule has 2 aliphatic rings. The highest BCUT2D eigenvalue weighted by Gasteiger charge is 2.35. The van der Waals surface area contributed by atoms with Crippen molar-refractivity contribution in [3.63, 3.8) is 0 Å². The number of Topliss-reactive ketones (excluding diaryl/α,β-unsaturated/α-hetero) is 1. The van der Waals surface area contributed by atoms with Crippen molar-refractivity contribution < 1.29 is 38.9 Å². The molecule has 4 rings (SSSR count). The molecule has 2 heterocycles. The van der Waals surface area contributed by atoms with E-state index in [1.165, 1.54) is 12.1 Å². The summed E-state index contributed by atoms with van der Waals surface area (Å²) >= 11 is 0. The van der Waals surface area contributed by atoms with Crippen molar-refractivity contribution in [1.82, 2.24) is 0 Å². The number of carbonyl (C=O) groups excluding carboxylic acids is 3. The first-order valence-corrected chi connectivity index (χ1v) is 12.1. The topological polar surface area (TPSA) is 127 Å². The van der Waals surface area contributed by atoms with Gasteiger partial charge >= 0.3 is 17.9 Å². The number of aromatic hydroxyl groups is 1. The Kier molecular flexibility index (Phi) is 7.52. The van der Waals surface area contributed by atoms with Crippen LogP contribution in [0.5, 0.6) is 11.5 Å². The third-order valence-electron chi connectivity index (χ3n) is 6.54. The molecule has 2 unspecified atom stereocenters. The number of hydrogen-bond acceptors (Lipinski definition) is 7. The molecule has 36 heavy (non-hydrogen) atoms. The lowest BCUT2D eigenvalue weighted by Gasteiger charge is -2.27. The van der Waals surface area contributed by atoms with Crippen LogP contribution in [0.3, 0.4) is 0 Å². The fraction of sp³-hybridized carbons (Fsp3) is 0.357. The Bertz CT molecular complexity index is 1230. The number of carboxylic acid groups (broad SMARTS) is 1. The summed E-state index contributed by atoms with van der Waals surface area (Å²) < 4.78 is 11.1. The predicted octanol–water partition coefficient (Wildman–Crippen LogP) is 5.01. The Morgan fingerprint density at radius 2 is 1.78 bits per heavy atom. The summed E-state index contributed by atoms with van der Waals surface area (Å²) in [5.74, 6) is -2.94. The monoisotopic (exact) mass is 492 g/mol. The second-order valence-electron chi connectivity index (χ2n) is 9.20. The SMILES string of the molecule is CC1CCCC(=O)CCCC=Cc2cc3c(c(O)c2C(=O)O1)C(c1ccc(C(=O)O)cc1)CC(=O)O3. The molecule has 2 N–H and O–H groups in total. The van der Waals surface area contributed by atoms with Crippen LogP contribution in [0.4, 0.5) is 0 Å². The van der Waals surface area contributed by atoms with Crippen molar-refractivity contribution in [2.24, 2.45) is 0 Å². The van der Waals surface area contributed by atoms with E-state index in [9.17, 15) is 29.4 Å². The summed E-state index contributed by atoms with van der Waals surface area (Å²) in [5, 5.41) is 20.6. The standard InChI is InChI=1S/C28H28O8/c1-16-6-5-9-20(29)8-4-2-3-7-19-14-22-25(26(31)24(19)28(34)35-16)21(15-23(30)36-22)17-10-12-18(13-11-17)27(32)33/h3,7,10-14,16,21,31H,2,4-6,8-9,15H2,1H3,(H,32,33). The van der Waals surface area contributed by atoms with Crippen molar-refractivity contribution in [2.45, 2.75) is 63.9 Å². The molecule has 8 heteroatoms. The maximum Gasteiger partial charge on any atom is 0.342 e. The van der Waals surface area contributed by atoms with E-state index in [0.29, 0.717) is 49.7 Å². The molecule has 2 aliphatic heterocycles. The van der Waals surface area contributed by atoms with Crippen molar-refractivity contribution in [3.8, 4) is 11.5 Å². The molecule has 0 amide bonds. The number of aromatic carboxylic acids is 1. The normalized spacial score (nSPS) is 21.0. The van der Waals surface area contributed by atoms with E-state index in [0.717, 1.165) is 0 Å². The lowest BCUT2D eigenvalue weighted by molar-refractivity contribution is -0.135. The van der Waals surface area contributed by atoms with Gasteiger partial charge in [0.2, 0.25) is 0 Å². The minimum Gasteiger partial charge on any atom is -0.507 e. The van der Waals surface area contributed by atoms with E-state index in [1.54, 1.807) is 31.2 Å². The number of allylic oxidation sites excluding steroid dienone is 1. The fourth-order valence-corrected chi connectivity index (χ4v) is 4.66. The molecular formula is C28H28O8. The van der Waals surface area contributed by atoms with Crippen LogP contribution in [-0.4, -0.2) is 40.0 Å². The average Bonchev–Trinajstić information content (AvgIpc) is 2.82. The lowest BCUT2D eigenvalue weighted by atomic mass is 9.83. The summed E-state index contributed by atoms with van der Waals surface area (Å²) in [6.45, 7) is 1.74. The number of carbonyl (C=O) groups is 4. The summed E-state index contributed by atoms with van der Waals surface area (Å²) in [6.07, 6.45) is 6.25. The minimum absolute atomic E-state index is 0.0184. The number of cyclic esters (lactones) is 1. The van der Waals surface area contributed by atoms with Gasteiger partial charge in [0.05, 0.1) is 18.1 Å². The molecule has 0 bridgehead atoms. The predicted molar refractivity (Wildman–Crippen MR) is 130 cm³/mol. The maximum atomic E-state index is 13.2. The van der Waals surface area contributed by atoms with E-state index in [-0.39, 0.29) is 40.4 Å². The summed E-state index contributed by atoms with van der Waals surface area (Å²) in [4.78, 5) is 48.9. The quantitative estimate of drug-likeness (QED) is 0.442. The van der Waals surface area contributed by atoms with Gasteiger partial charge in [-0.3, -0.25) is 9.59 Å². The molecule has 0 aromatic heterocycles. The molecule has 8 nitrogen and oxygen atoms in total. The van der Waals surface area contributed by atoms with Crippen LogP contribution in [0.15, 0.2) is 36.4 Å². The van der Waals surface area contributed by atoms with Crippen molar-refractivity contribution in [1.29, 1.82) is 0 Å². The Balaban J connectivity index is 1.80. The van der Waals surface area contributed by atoms with Gasteiger partial charge in [0.15, 0.2) is 0 Å². The number of ketones is 1. The molecular weight excluding hydrogens is 464 g/mol. The summed E-state index contributed by atoms with van der Waals surface area (Å²) in [7, 11) is 0. The Morgan fingerprint density at radius 3 is 2.50 bits per heavy atom. The molecule has 0 saturated heterocycles. The minimum atomic E-state index is -1.08. The number of hydrogen-bond donors (Lipinski definition) is 2. The molecule has 2 atom stereocenters. The first-order chi connectivity index (χ1) is 17.2. The highest BCUT2D eigenvalue weighted by atomic mass is 16.5. The number of fused-ring (bicyclic) bond motifs is 2. The van der Waals surface area contributed by atoms with E-state index in [2.05, 4.69) is 0 Å². The Labute approximate surface area is 208 Å². The third kappa shape index (κ3) is 5.48. The van der Waals surface area contributed by atoms with Gasteiger partial charge in [-0.25, -0.2) is 9.59 Å². The second-order valence-corrected chi connectivity index (χ2v) is 9.20. The van der Waals surface area contributed by atoms with E-state index >= 15 is 0 Å². The first kappa shape index (κ1) is 25.2. The molecule has 2 aromatic rings. The molecule has 0 spiro atoms. The second kappa shape index (κ2) is 10.8. The van der Waals surface area contributed by atoms with E-state index < -0.39 is 29.9 Å². The van der Waals surface area contributed by atoms with Gasteiger partial charge in [0.25, 0.3) is 0 Å². The van der Waals surface area contributed by atoms with Gasteiger partial charge in [-0.2, -0.15) is 0 Å². The zero-order valence-electron chi connectivity index (χ0n) is 20.0. The molecule has 0 saturated carbocycles. The molecule has 0 fully saturated rings. The van der Waals surface area contributed by atoms with Crippen LogP contribution >= 0.6 is 0 Å². The van der Waals surface area contributed by atoms with Crippen molar-refractivity contribution in [3.05, 3.63) is 64.2 Å². The van der Waals surface area contributed by atoms with Gasteiger partial charge in [0.1, 0.15) is 22.8 Å². The van der Waals surface area contributed by atoms with Gasteiger partial charge < -0.3 is 19.7 Å². The van der Waals surface area contributed by atoms with Crippen LogP contribution in [-0.2, 0) is 14.3 Å². The molecule has 0 radical (unpaired) electrons. The first-order valence-electron chi connectivity index (χ1n) is 12.1.